The molecule has 0 saturated heterocycles. The number of rotatable bonds is 11. The lowest BCUT2D eigenvalue weighted by Gasteiger charge is -2.20. The van der Waals surface area contributed by atoms with Crippen molar-refractivity contribution in [3.8, 4) is 11.5 Å². The van der Waals surface area contributed by atoms with Gasteiger partial charge in [0.25, 0.3) is 5.56 Å². The lowest BCUT2D eigenvalue weighted by Crippen LogP contribution is -2.30. The predicted molar refractivity (Wildman–Crippen MR) is 127 cm³/mol. The highest BCUT2D eigenvalue weighted by atomic mass is 16.5. The van der Waals surface area contributed by atoms with Gasteiger partial charge in [-0.2, -0.15) is 0 Å². The molecule has 1 fully saturated rings. The highest BCUT2D eigenvalue weighted by Crippen LogP contribution is 2.35. The van der Waals surface area contributed by atoms with E-state index < -0.39 is 6.09 Å². The van der Waals surface area contributed by atoms with Crippen molar-refractivity contribution in [3.63, 3.8) is 0 Å². The van der Waals surface area contributed by atoms with Gasteiger partial charge in [-0.15, -0.1) is 0 Å². The average molecular weight is 451 g/mol. The summed E-state index contributed by atoms with van der Waals surface area (Å²) >= 11 is 0. The lowest BCUT2D eigenvalue weighted by molar-refractivity contribution is 0.193. The first-order valence-corrected chi connectivity index (χ1v) is 11.5. The third kappa shape index (κ3) is 5.66. The van der Waals surface area contributed by atoms with Gasteiger partial charge in [-0.05, 0) is 48.9 Å². The number of carbonyl (C=O) groups is 1. The normalized spacial score (nSPS) is 13.1. The molecule has 1 aromatic heterocycles. The Morgan fingerprint density at radius 1 is 1.12 bits per heavy atom. The van der Waals surface area contributed by atoms with Crippen molar-refractivity contribution in [1.29, 1.82) is 0 Å². The quantitative estimate of drug-likeness (QED) is 0.404. The third-order valence-corrected chi connectivity index (χ3v) is 5.84. The molecule has 1 aliphatic carbocycles. The highest BCUT2D eigenvalue weighted by Gasteiger charge is 2.26. The Labute approximate surface area is 193 Å². The fourth-order valence-electron chi connectivity index (χ4n) is 3.84. The Morgan fingerprint density at radius 3 is 2.61 bits per heavy atom. The molecule has 4 rings (SSSR count). The van der Waals surface area contributed by atoms with E-state index in [0.717, 1.165) is 31.2 Å². The fourth-order valence-corrected chi connectivity index (χ4v) is 3.84. The van der Waals surface area contributed by atoms with Crippen molar-refractivity contribution in [2.75, 3.05) is 6.61 Å². The molecule has 1 amide bonds. The van der Waals surface area contributed by atoms with Gasteiger partial charge in [0, 0.05) is 11.9 Å². The summed E-state index contributed by atoms with van der Waals surface area (Å²) in [7, 11) is 0. The molecule has 174 valence electrons. The van der Waals surface area contributed by atoms with E-state index >= 15 is 0 Å². The minimum Gasteiger partial charge on any atom is -0.491 e. The molecule has 1 aliphatic rings. The van der Waals surface area contributed by atoms with Crippen molar-refractivity contribution in [2.45, 2.75) is 52.3 Å². The second-order valence-electron chi connectivity index (χ2n) is 8.48. The number of unbranched alkanes of at least 4 members (excludes halogenated alkanes) is 1. The van der Waals surface area contributed by atoms with Crippen LogP contribution in [0.15, 0.2) is 53.3 Å². The number of benzene rings is 2. The van der Waals surface area contributed by atoms with Crippen LogP contribution in [0.1, 0.15) is 43.9 Å². The largest absolute Gasteiger partial charge is 0.491 e. The van der Waals surface area contributed by atoms with Crippen LogP contribution in [0.5, 0.6) is 11.5 Å². The Kier molecular flexibility index (Phi) is 7.17. The second-order valence-corrected chi connectivity index (χ2v) is 8.48. The van der Waals surface area contributed by atoms with E-state index in [4.69, 9.17) is 9.47 Å². The molecule has 1 heterocycles. The smallest absolute Gasteiger partial charge is 0.404 e. The molecule has 7 heteroatoms. The van der Waals surface area contributed by atoms with Crippen LogP contribution in [0.2, 0.25) is 0 Å². The van der Waals surface area contributed by atoms with E-state index in [1.165, 1.54) is 0 Å². The minimum atomic E-state index is -1.14. The topological polar surface area (TPSA) is 89.8 Å². The van der Waals surface area contributed by atoms with Crippen LogP contribution in [0.4, 0.5) is 4.79 Å². The van der Waals surface area contributed by atoms with E-state index in [-0.39, 0.29) is 12.1 Å². The van der Waals surface area contributed by atoms with E-state index in [1.807, 2.05) is 36.4 Å². The molecular formula is C26H30N2O5. The Bertz CT molecular complexity index is 1170. The summed E-state index contributed by atoms with van der Waals surface area (Å²) in [5.41, 5.74) is 1.48. The zero-order chi connectivity index (χ0) is 23.2. The number of carboxylic acid groups (broad SMARTS) is 1. The maximum atomic E-state index is 13.4. The summed E-state index contributed by atoms with van der Waals surface area (Å²) in [4.78, 5) is 24.7. The summed E-state index contributed by atoms with van der Waals surface area (Å²) < 4.78 is 13.9. The van der Waals surface area contributed by atoms with Crippen molar-refractivity contribution < 1.29 is 19.4 Å². The summed E-state index contributed by atoms with van der Waals surface area (Å²) in [5.74, 6) is 1.63. The molecule has 0 spiro atoms. The number of fused-ring (bicyclic) bond motifs is 1. The van der Waals surface area contributed by atoms with Crippen molar-refractivity contribution in [3.05, 3.63) is 70.1 Å². The van der Waals surface area contributed by atoms with E-state index in [2.05, 4.69) is 12.2 Å². The van der Waals surface area contributed by atoms with E-state index in [0.29, 0.717) is 53.6 Å². The number of ether oxygens (including phenoxy) is 2. The van der Waals surface area contributed by atoms with Gasteiger partial charge < -0.3 is 24.5 Å². The Hall–Kier alpha value is -3.48. The van der Waals surface area contributed by atoms with Gasteiger partial charge in [0.1, 0.15) is 18.1 Å². The maximum absolute atomic E-state index is 13.4. The number of nitrogens with zero attached hydrogens (tertiary/aromatic N) is 1. The molecule has 0 aliphatic heterocycles. The van der Waals surface area contributed by atoms with Crippen LogP contribution in [0, 0.1) is 5.92 Å². The van der Waals surface area contributed by atoms with Crippen LogP contribution in [-0.4, -0.2) is 22.4 Å². The van der Waals surface area contributed by atoms with Gasteiger partial charge in [0.2, 0.25) is 0 Å². The van der Waals surface area contributed by atoms with Crippen LogP contribution >= 0.6 is 0 Å². The standard InChI is InChI=1S/C26H30N2O5/c1-2-3-13-32-24-22-14-20(33-17-19-7-5-4-6-8-19)11-12-21(22)25(29)28(16-18-9-10-18)23(24)15-27-26(30)31/h4-8,11-12,14,18,27H,2-3,9-10,13,15-17H2,1H3,(H,30,31). The molecule has 0 unspecified atom stereocenters. The van der Waals surface area contributed by atoms with Gasteiger partial charge in [0.05, 0.1) is 24.2 Å². The van der Waals surface area contributed by atoms with Gasteiger partial charge in [-0.25, -0.2) is 4.79 Å². The van der Waals surface area contributed by atoms with Crippen LogP contribution < -0.4 is 20.3 Å². The van der Waals surface area contributed by atoms with Gasteiger partial charge in [-0.1, -0.05) is 43.7 Å². The summed E-state index contributed by atoms with van der Waals surface area (Å²) in [6.45, 7) is 3.55. The first-order valence-electron chi connectivity index (χ1n) is 11.5. The average Bonchev–Trinajstić information content (AvgIpc) is 3.64. The molecule has 0 atom stereocenters. The van der Waals surface area contributed by atoms with Gasteiger partial charge in [-0.3, -0.25) is 4.79 Å². The van der Waals surface area contributed by atoms with Crippen molar-refractivity contribution in [1.82, 2.24) is 9.88 Å². The number of amides is 1. The van der Waals surface area contributed by atoms with E-state index in [1.54, 1.807) is 16.7 Å². The van der Waals surface area contributed by atoms with Crippen molar-refractivity contribution in [2.24, 2.45) is 5.92 Å². The number of aromatic nitrogens is 1. The molecule has 33 heavy (non-hydrogen) atoms. The van der Waals surface area contributed by atoms with Crippen molar-refractivity contribution >= 4 is 16.9 Å². The molecule has 1 saturated carbocycles. The second kappa shape index (κ2) is 10.4. The first kappa shape index (κ1) is 22.7. The molecule has 2 aromatic carbocycles. The lowest BCUT2D eigenvalue weighted by atomic mass is 10.1. The third-order valence-electron chi connectivity index (χ3n) is 5.84. The van der Waals surface area contributed by atoms with Gasteiger partial charge >= 0.3 is 6.09 Å². The molecule has 2 N–H and O–H groups in total. The fraction of sp³-hybridized carbons (Fsp3) is 0.385. The molecule has 0 bridgehead atoms. The minimum absolute atomic E-state index is 0.00376. The van der Waals surface area contributed by atoms with Gasteiger partial charge in [0.15, 0.2) is 0 Å². The first-order chi connectivity index (χ1) is 16.1. The Balaban J connectivity index is 1.77. The molecule has 7 nitrogen and oxygen atoms in total. The number of hydrogen-bond acceptors (Lipinski definition) is 4. The zero-order valence-electron chi connectivity index (χ0n) is 18.9. The molecule has 3 aromatic rings. The monoisotopic (exact) mass is 450 g/mol. The molecule has 0 radical (unpaired) electrons. The Morgan fingerprint density at radius 2 is 1.91 bits per heavy atom. The maximum Gasteiger partial charge on any atom is 0.404 e. The number of nitrogens with one attached hydrogen (secondary N) is 1. The highest BCUT2D eigenvalue weighted by molar-refractivity contribution is 5.89. The van der Waals surface area contributed by atoms with Crippen LogP contribution in [0.3, 0.4) is 0 Å². The number of hydrogen-bond donors (Lipinski definition) is 2. The summed E-state index contributed by atoms with van der Waals surface area (Å²) in [5, 5.41) is 12.8. The van der Waals surface area contributed by atoms with Crippen LogP contribution in [-0.2, 0) is 19.7 Å². The SMILES string of the molecule is CCCCOc1c(CNC(=O)O)n(CC2CC2)c(=O)c2ccc(OCc3ccccc3)cc12. The predicted octanol–water partition coefficient (Wildman–Crippen LogP) is 4.94. The summed E-state index contributed by atoms with van der Waals surface area (Å²) in [6, 6.07) is 15.3. The summed E-state index contributed by atoms with van der Waals surface area (Å²) in [6.07, 6.45) is 2.84. The number of pyridine rings is 1. The van der Waals surface area contributed by atoms with E-state index in [9.17, 15) is 14.7 Å². The van der Waals surface area contributed by atoms with Crippen LogP contribution in [0.25, 0.3) is 10.8 Å². The zero-order valence-corrected chi connectivity index (χ0v) is 18.9. The molecular weight excluding hydrogens is 420 g/mol.